The van der Waals surface area contributed by atoms with Gasteiger partial charge in [0.25, 0.3) is 0 Å². The Labute approximate surface area is 104 Å². The third kappa shape index (κ3) is 1.75. The van der Waals surface area contributed by atoms with Gasteiger partial charge in [-0.3, -0.25) is 0 Å². The lowest BCUT2D eigenvalue weighted by atomic mass is 9.77. The van der Waals surface area contributed by atoms with Crippen molar-refractivity contribution in [3.8, 4) is 0 Å². The molecule has 17 heavy (non-hydrogen) atoms. The zero-order chi connectivity index (χ0) is 12.0. The average molecular weight is 250 g/mol. The summed E-state index contributed by atoms with van der Waals surface area (Å²) in [6, 6.07) is 2.02. The van der Waals surface area contributed by atoms with Gasteiger partial charge >= 0.3 is 0 Å². The number of thiazole rings is 1. The van der Waals surface area contributed by atoms with Gasteiger partial charge in [0, 0.05) is 12.1 Å². The maximum atomic E-state index is 14.7. The summed E-state index contributed by atoms with van der Waals surface area (Å²) in [5.41, 5.74) is 3.75. The summed E-state index contributed by atoms with van der Waals surface area (Å²) in [5.74, 6) is 0.0572. The standard InChI is InChI=1S/C13H15FN2S/c1-8(2)13(14)4-3-10-9(6-13)5-11-12(16-10)17-7-15-11/h5,7-8H,3-4,6H2,1-2H3/t13-/m0/s1. The Kier molecular flexibility index (Phi) is 2.43. The normalized spacial score (nSPS) is 24.2. The minimum absolute atomic E-state index is 0.0572. The molecule has 0 saturated heterocycles. The van der Waals surface area contributed by atoms with Crippen LogP contribution in [0, 0.1) is 5.92 Å². The number of rotatable bonds is 1. The van der Waals surface area contributed by atoms with E-state index in [-0.39, 0.29) is 5.92 Å². The summed E-state index contributed by atoms with van der Waals surface area (Å²) in [6.07, 6.45) is 1.83. The second-order valence-corrected chi connectivity index (χ2v) is 5.97. The maximum absolute atomic E-state index is 14.7. The van der Waals surface area contributed by atoms with Gasteiger partial charge in [-0.15, -0.1) is 11.3 Å². The number of alkyl halides is 1. The van der Waals surface area contributed by atoms with E-state index in [0.717, 1.165) is 28.0 Å². The molecule has 2 nitrogen and oxygen atoms in total. The molecular formula is C13H15FN2S. The van der Waals surface area contributed by atoms with E-state index in [1.165, 1.54) is 0 Å². The number of aromatic nitrogens is 2. The molecule has 0 bridgehead atoms. The lowest BCUT2D eigenvalue weighted by Crippen LogP contribution is -2.36. The molecule has 3 rings (SSSR count). The van der Waals surface area contributed by atoms with E-state index in [9.17, 15) is 4.39 Å². The molecule has 0 amide bonds. The van der Waals surface area contributed by atoms with Crippen LogP contribution in [0.4, 0.5) is 4.39 Å². The van der Waals surface area contributed by atoms with Crippen molar-refractivity contribution in [1.29, 1.82) is 0 Å². The summed E-state index contributed by atoms with van der Waals surface area (Å²) in [6.45, 7) is 3.92. The first-order valence-corrected chi connectivity index (χ1v) is 6.87. The Hall–Kier alpha value is -1.03. The van der Waals surface area contributed by atoms with Crippen LogP contribution in [-0.4, -0.2) is 15.6 Å². The fraction of sp³-hybridized carbons (Fsp3) is 0.538. The number of nitrogens with zero attached hydrogens (tertiary/aromatic N) is 2. The van der Waals surface area contributed by atoms with Gasteiger partial charge in [-0.1, -0.05) is 13.8 Å². The monoisotopic (exact) mass is 250 g/mol. The first-order valence-electron chi connectivity index (χ1n) is 5.99. The van der Waals surface area contributed by atoms with Crippen LogP contribution in [0.3, 0.4) is 0 Å². The van der Waals surface area contributed by atoms with Crippen molar-refractivity contribution in [1.82, 2.24) is 9.97 Å². The summed E-state index contributed by atoms with van der Waals surface area (Å²) in [5, 5.41) is 0. The minimum atomic E-state index is -1.07. The average Bonchev–Trinajstić information content (AvgIpc) is 2.72. The first-order chi connectivity index (χ1) is 8.08. The number of halogens is 1. The SMILES string of the molecule is CC(C)[C@]1(F)CCc2nc3scnc3cc2C1. The fourth-order valence-electron chi connectivity index (χ4n) is 2.47. The molecule has 90 valence electrons. The topological polar surface area (TPSA) is 25.8 Å². The Morgan fingerprint density at radius 3 is 3.06 bits per heavy atom. The molecule has 4 heteroatoms. The lowest BCUT2D eigenvalue weighted by Gasteiger charge is -2.33. The van der Waals surface area contributed by atoms with Crippen LogP contribution in [0.15, 0.2) is 11.6 Å². The summed E-state index contributed by atoms with van der Waals surface area (Å²) < 4.78 is 14.7. The van der Waals surface area contributed by atoms with Gasteiger partial charge in [-0.25, -0.2) is 14.4 Å². The van der Waals surface area contributed by atoms with E-state index in [1.807, 2.05) is 19.9 Å². The molecule has 0 saturated carbocycles. The summed E-state index contributed by atoms with van der Waals surface area (Å²) in [7, 11) is 0. The van der Waals surface area contributed by atoms with E-state index >= 15 is 0 Å². The predicted molar refractivity (Wildman–Crippen MR) is 68.1 cm³/mol. The molecular weight excluding hydrogens is 235 g/mol. The van der Waals surface area contributed by atoms with Crippen molar-refractivity contribution in [3.05, 3.63) is 22.8 Å². The zero-order valence-corrected chi connectivity index (χ0v) is 10.9. The van der Waals surface area contributed by atoms with Gasteiger partial charge in [0.05, 0.1) is 5.51 Å². The van der Waals surface area contributed by atoms with E-state index in [1.54, 1.807) is 16.8 Å². The highest BCUT2D eigenvalue weighted by molar-refractivity contribution is 7.16. The van der Waals surface area contributed by atoms with Crippen LogP contribution in [0.25, 0.3) is 10.3 Å². The summed E-state index contributed by atoms with van der Waals surface area (Å²) in [4.78, 5) is 9.81. The number of hydrogen-bond acceptors (Lipinski definition) is 3. The second kappa shape index (κ2) is 3.73. The Bertz CT molecular complexity index is 564. The van der Waals surface area contributed by atoms with Crippen molar-refractivity contribution < 1.29 is 4.39 Å². The number of aryl methyl sites for hydroxylation is 1. The van der Waals surface area contributed by atoms with E-state index in [2.05, 4.69) is 9.97 Å². The van der Waals surface area contributed by atoms with Crippen molar-refractivity contribution >= 4 is 21.7 Å². The van der Waals surface area contributed by atoms with Gasteiger partial charge in [0.1, 0.15) is 16.0 Å². The zero-order valence-electron chi connectivity index (χ0n) is 10.0. The van der Waals surface area contributed by atoms with Crippen LogP contribution < -0.4 is 0 Å². The van der Waals surface area contributed by atoms with Gasteiger partial charge in [0.15, 0.2) is 0 Å². The van der Waals surface area contributed by atoms with Crippen LogP contribution in [0.2, 0.25) is 0 Å². The van der Waals surface area contributed by atoms with Gasteiger partial charge in [0.2, 0.25) is 0 Å². The highest BCUT2D eigenvalue weighted by atomic mass is 32.1. The summed E-state index contributed by atoms with van der Waals surface area (Å²) >= 11 is 1.55. The molecule has 1 aliphatic carbocycles. The molecule has 2 heterocycles. The van der Waals surface area contributed by atoms with Crippen molar-refractivity contribution in [2.75, 3.05) is 0 Å². The highest BCUT2D eigenvalue weighted by Gasteiger charge is 2.38. The molecule has 2 aromatic heterocycles. The Balaban J connectivity index is 2.06. The largest absolute Gasteiger partial charge is 0.243 e. The van der Waals surface area contributed by atoms with Gasteiger partial charge < -0.3 is 0 Å². The van der Waals surface area contributed by atoms with E-state index < -0.39 is 5.67 Å². The molecule has 0 fully saturated rings. The Morgan fingerprint density at radius 2 is 2.29 bits per heavy atom. The van der Waals surface area contributed by atoms with Crippen molar-refractivity contribution in [3.63, 3.8) is 0 Å². The highest BCUT2D eigenvalue weighted by Crippen LogP contribution is 2.37. The molecule has 1 aliphatic rings. The fourth-order valence-corrected chi connectivity index (χ4v) is 3.13. The van der Waals surface area contributed by atoms with Crippen LogP contribution in [-0.2, 0) is 12.8 Å². The quantitative estimate of drug-likeness (QED) is 0.773. The van der Waals surface area contributed by atoms with Crippen molar-refractivity contribution in [2.24, 2.45) is 5.92 Å². The van der Waals surface area contributed by atoms with Gasteiger partial charge in [-0.2, -0.15) is 0 Å². The molecule has 0 aromatic carbocycles. The van der Waals surface area contributed by atoms with E-state index in [4.69, 9.17) is 0 Å². The number of pyridine rings is 1. The Morgan fingerprint density at radius 1 is 1.47 bits per heavy atom. The second-order valence-electron chi connectivity index (χ2n) is 5.14. The number of hydrogen-bond donors (Lipinski definition) is 0. The first kappa shape index (κ1) is 11.1. The maximum Gasteiger partial charge on any atom is 0.143 e. The third-order valence-corrected chi connectivity index (χ3v) is 4.52. The molecule has 0 aliphatic heterocycles. The van der Waals surface area contributed by atoms with Crippen molar-refractivity contribution in [2.45, 2.75) is 38.8 Å². The van der Waals surface area contributed by atoms with Crippen LogP contribution >= 0.6 is 11.3 Å². The van der Waals surface area contributed by atoms with Gasteiger partial charge in [-0.05, 0) is 30.4 Å². The third-order valence-electron chi connectivity index (χ3n) is 3.79. The minimum Gasteiger partial charge on any atom is -0.243 e. The molecule has 0 unspecified atom stereocenters. The molecule has 0 N–H and O–H groups in total. The molecule has 2 aromatic rings. The number of fused-ring (bicyclic) bond motifs is 2. The smallest absolute Gasteiger partial charge is 0.143 e. The van der Waals surface area contributed by atoms with E-state index in [0.29, 0.717) is 12.8 Å². The molecule has 0 spiro atoms. The molecule has 1 atom stereocenters. The van der Waals surface area contributed by atoms with Crippen LogP contribution in [0.5, 0.6) is 0 Å². The predicted octanol–water partition coefficient (Wildman–Crippen LogP) is 3.54. The van der Waals surface area contributed by atoms with Crippen LogP contribution in [0.1, 0.15) is 31.5 Å². The molecule has 0 radical (unpaired) electrons. The lowest BCUT2D eigenvalue weighted by molar-refractivity contribution is 0.0821.